The third kappa shape index (κ3) is 1.27. The molecule has 18 heavy (non-hydrogen) atoms. The highest BCUT2D eigenvalue weighted by Gasteiger charge is 2.66. The molecule has 1 fully saturated rings. The number of hydrogen-bond acceptors (Lipinski definition) is 3. The number of aromatic nitrogens is 3. The fourth-order valence-corrected chi connectivity index (χ4v) is 3.19. The lowest BCUT2D eigenvalue weighted by molar-refractivity contribution is 0.457. The first-order valence-electron chi connectivity index (χ1n) is 6.06. The standard InChI is InChI=1S/C13H17ClN4/c1-12(2)10(13(12,3)4)18-9-8(17-11(18)15)5-7(14)6-16-9/h5-6,10H,1-4H3,(H2,15,17). The van der Waals surface area contributed by atoms with Gasteiger partial charge < -0.3 is 5.73 Å². The molecule has 1 saturated carbocycles. The van der Waals surface area contributed by atoms with Crippen LogP contribution in [0.1, 0.15) is 33.7 Å². The minimum Gasteiger partial charge on any atom is -0.369 e. The monoisotopic (exact) mass is 264 g/mol. The molecule has 0 saturated heterocycles. The van der Waals surface area contributed by atoms with Crippen molar-refractivity contribution in [3.05, 3.63) is 17.3 Å². The lowest BCUT2D eigenvalue weighted by atomic mass is 10.0. The summed E-state index contributed by atoms with van der Waals surface area (Å²) in [6.07, 6.45) is 1.64. The smallest absolute Gasteiger partial charge is 0.202 e. The van der Waals surface area contributed by atoms with Gasteiger partial charge in [-0.15, -0.1) is 0 Å². The van der Waals surface area contributed by atoms with Crippen molar-refractivity contribution < 1.29 is 0 Å². The van der Waals surface area contributed by atoms with E-state index in [-0.39, 0.29) is 10.8 Å². The van der Waals surface area contributed by atoms with Crippen LogP contribution in [0.2, 0.25) is 5.02 Å². The summed E-state index contributed by atoms with van der Waals surface area (Å²) in [4.78, 5) is 8.74. The van der Waals surface area contributed by atoms with Crippen LogP contribution in [0.4, 0.5) is 5.95 Å². The highest BCUT2D eigenvalue weighted by molar-refractivity contribution is 6.31. The van der Waals surface area contributed by atoms with E-state index in [1.165, 1.54) is 0 Å². The number of nitrogen functional groups attached to an aromatic ring is 1. The Hall–Kier alpha value is -1.29. The number of anilines is 1. The molecule has 0 spiro atoms. The van der Waals surface area contributed by atoms with Crippen LogP contribution in [-0.2, 0) is 0 Å². The fourth-order valence-electron chi connectivity index (χ4n) is 3.04. The molecule has 0 radical (unpaired) electrons. The molecule has 5 heteroatoms. The highest BCUT2D eigenvalue weighted by atomic mass is 35.5. The van der Waals surface area contributed by atoms with Crippen LogP contribution >= 0.6 is 11.6 Å². The molecule has 1 aliphatic carbocycles. The second-order valence-corrected chi connectivity index (χ2v) is 6.62. The van der Waals surface area contributed by atoms with Gasteiger partial charge in [-0.3, -0.25) is 4.57 Å². The van der Waals surface area contributed by atoms with Crippen LogP contribution in [0.15, 0.2) is 12.3 Å². The van der Waals surface area contributed by atoms with Gasteiger partial charge in [0.2, 0.25) is 5.95 Å². The lowest BCUT2D eigenvalue weighted by Crippen LogP contribution is -2.06. The first kappa shape index (κ1) is 11.8. The topological polar surface area (TPSA) is 56.7 Å². The van der Waals surface area contributed by atoms with Gasteiger partial charge in [-0.05, 0) is 16.9 Å². The average molecular weight is 265 g/mol. The highest BCUT2D eigenvalue weighted by Crippen LogP contribution is 2.72. The molecule has 2 N–H and O–H groups in total. The number of hydrogen-bond donors (Lipinski definition) is 1. The normalized spacial score (nSPS) is 21.4. The molecule has 0 atom stereocenters. The molecule has 0 bridgehead atoms. The van der Waals surface area contributed by atoms with Gasteiger partial charge in [-0.2, -0.15) is 0 Å². The van der Waals surface area contributed by atoms with Crippen molar-refractivity contribution in [3.8, 4) is 0 Å². The van der Waals surface area contributed by atoms with E-state index in [2.05, 4.69) is 37.7 Å². The number of rotatable bonds is 1. The Balaban J connectivity index is 2.23. The van der Waals surface area contributed by atoms with Crippen LogP contribution in [0.3, 0.4) is 0 Å². The van der Waals surface area contributed by atoms with Gasteiger partial charge in [-0.1, -0.05) is 39.3 Å². The minimum atomic E-state index is 0.191. The molecule has 3 rings (SSSR count). The first-order valence-corrected chi connectivity index (χ1v) is 6.43. The Bertz CT molecular complexity index is 628. The summed E-state index contributed by atoms with van der Waals surface area (Å²) in [5.74, 6) is 0.517. The summed E-state index contributed by atoms with van der Waals surface area (Å²) >= 11 is 5.93. The third-order valence-electron chi connectivity index (χ3n) is 4.73. The molecule has 0 unspecified atom stereocenters. The van der Waals surface area contributed by atoms with Crippen molar-refractivity contribution in [2.45, 2.75) is 33.7 Å². The molecule has 0 amide bonds. The molecule has 4 nitrogen and oxygen atoms in total. The van der Waals surface area contributed by atoms with E-state index in [0.29, 0.717) is 17.0 Å². The number of pyridine rings is 1. The van der Waals surface area contributed by atoms with E-state index < -0.39 is 0 Å². The van der Waals surface area contributed by atoms with E-state index in [9.17, 15) is 0 Å². The zero-order valence-electron chi connectivity index (χ0n) is 11.0. The molecular formula is C13H17ClN4. The molecule has 0 aliphatic heterocycles. The molecule has 1 aliphatic rings. The number of nitrogens with zero attached hydrogens (tertiary/aromatic N) is 3. The second-order valence-electron chi connectivity index (χ2n) is 6.18. The lowest BCUT2D eigenvalue weighted by Gasteiger charge is -2.07. The van der Waals surface area contributed by atoms with E-state index in [1.54, 1.807) is 12.3 Å². The molecule has 2 aromatic rings. The van der Waals surface area contributed by atoms with Crippen molar-refractivity contribution in [3.63, 3.8) is 0 Å². The fraction of sp³-hybridized carbons (Fsp3) is 0.538. The average Bonchev–Trinajstić information content (AvgIpc) is 2.52. The van der Waals surface area contributed by atoms with Crippen LogP contribution in [0.5, 0.6) is 0 Å². The summed E-state index contributed by atoms with van der Waals surface area (Å²) in [5, 5.41) is 0.585. The van der Waals surface area contributed by atoms with Crippen molar-refractivity contribution in [2.75, 3.05) is 5.73 Å². The first-order chi connectivity index (χ1) is 8.26. The molecule has 2 aromatic heterocycles. The van der Waals surface area contributed by atoms with Gasteiger partial charge in [0, 0.05) is 12.2 Å². The van der Waals surface area contributed by atoms with Crippen molar-refractivity contribution in [1.29, 1.82) is 0 Å². The summed E-state index contributed by atoms with van der Waals surface area (Å²) < 4.78 is 2.05. The summed E-state index contributed by atoms with van der Waals surface area (Å²) in [5.41, 5.74) is 8.02. The van der Waals surface area contributed by atoms with Gasteiger partial charge in [-0.25, -0.2) is 9.97 Å². The van der Waals surface area contributed by atoms with E-state index in [1.807, 2.05) is 4.57 Å². The Morgan fingerprint density at radius 2 is 1.89 bits per heavy atom. The van der Waals surface area contributed by atoms with Gasteiger partial charge in [0.25, 0.3) is 0 Å². The predicted molar refractivity (Wildman–Crippen MR) is 73.5 cm³/mol. The van der Waals surface area contributed by atoms with Crippen LogP contribution in [-0.4, -0.2) is 14.5 Å². The van der Waals surface area contributed by atoms with Crippen molar-refractivity contribution in [1.82, 2.24) is 14.5 Å². The Morgan fingerprint density at radius 1 is 1.28 bits per heavy atom. The largest absolute Gasteiger partial charge is 0.369 e. The Morgan fingerprint density at radius 3 is 2.44 bits per heavy atom. The zero-order valence-corrected chi connectivity index (χ0v) is 11.8. The third-order valence-corrected chi connectivity index (χ3v) is 4.93. The predicted octanol–water partition coefficient (Wildman–Crippen LogP) is 3.27. The molecule has 0 aromatic carbocycles. The van der Waals surface area contributed by atoms with Gasteiger partial charge in [0.05, 0.1) is 5.02 Å². The van der Waals surface area contributed by atoms with E-state index >= 15 is 0 Å². The zero-order chi connectivity index (χ0) is 13.3. The van der Waals surface area contributed by atoms with Gasteiger partial charge >= 0.3 is 0 Å². The summed E-state index contributed by atoms with van der Waals surface area (Å²) in [6.45, 7) is 9.00. The van der Waals surface area contributed by atoms with Crippen molar-refractivity contribution in [2.24, 2.45) is 10.8 Å². The quantitative estimate of drug-likeness (QED) is 0.860. The SMILES string of the molecule is CC1(C)C(n2c(N)nc3cc(Cl)cnc32)C1(C)C. The van der Waals surface area contributed by atoms with Crippen LogP contribution in [0.25, 0.3) is 11.2 Å². The van der Waals surface area contributed by atoms with Crippen molar-refractivity contribution >= 4 is 28.7 Å². The number of imidazole rings is 1. The van der Waals surface area contributed by atoms with Gasteiger partial charge in [0.1, 0.15) is 5.52 Å². The van der Waals surface area contributed by atoms with E-state index in [4.69, 9.17) is 17.3 Å². The molecule has 2 heterocycles. The Kier molecular flexibility index (Phi) is 2.08. The van der Waals surface area contributed by atoms with Gasteiger partial charge in [0.15, 0.2) is 5.65 Å². The number of fused-ring (bicyclic) bond motifs is 1. The summed E-state index contributed by atoms with van der Waals surface area (Å²) in [7, 11) is 0. The minimum absolute atomic E-state index is 0.191. The maximum atomic E-state index is 6.06. The van der Waals surface area contributed by atoms with E-state index in [0.717, 1.165) is 11.2 Å². The maximum Gasteiger partial charge on any atom is 0.202 e. The molecular weight excluding hydrogens is 248 g/mol. The maximum absolute atomic E-state index is 6.06. The van der Waals surface area contributed by atoms with Crippen LogP contribution in [0, 0.1) is 10.8 Å². The number of halogens is 1. The second kappa shape index (κ2) is 3.18. The number of nitrogens with two attached hydrogens (primary N) is 1. The summed E-state index contributed by atoms with van der Waals surface area (Å²) in [6, 6.07) is 2.13. The Labute approximate surface area is 111 Å². The van der Waals surface area contributed by atoms with Crippen LogP contribution < -0.4 is 5.73 Å². The molecule has 96 valence electrons.